The van der Waals surface area contributed by atoms with Gasteiger partial charge >= 0.3 is 12.2 Å². The number of rotatable bonds is 7. The molecular weight excluding hydrogens is 683 g/mol. The van der Waals surface area contributed by atoms with Gasteiger partial charge in [0.2, 0.25) is 5.91 Å². The Balaban J connectivity index is 0.985. The number of amides is 3. The Kier molecular flexibility index (Phi) is 10.2. The van der Waals surface area contributed by atoms with E-state index in [9.17, 15) is 14.4 Å². The molecule has 282 valence electrons. The number of alkyl carbamates (subject to hydrolysis) is 1. The summed E-state index contributed by atoms with van der Waals surface area (Å²) >= 11 is 0. The second kappa shape index (κ2) is 15.0. The van der Waals surface area contributed by atoms with E-state index < -0.39 is 17.7 Å². The van der Waals surface area contributed by atoms with E-state index in [1.54, 1.807) is 6.20 Å². The summed E-state index contributed by atoms with van der Waals surface area (Å²) < 4.78 is 10.5. The van der Waals surface area contributed by atoms with Gasteiger partial charge in [-0.1, -0.05) is 50.0 Å². The van der Waals surface area contributed by atoms with E-state index in [-0.39, 0.29) is 36.0 Å². The third kappa shape index (κ3) is 7.72. The molecule has 54 heavy (non-hydrogen) atoms. The molecule has 2 saturated heterocycles. The molecule has 0 spiro atoms. The summed E-state index contributed by atoms with van der Waals surface area (Å²) in [7, 11) is 1.29. The number of carbonyl (C=O) groups is 3. The van der Waals surface area contributed by atoms with Gasteiger partial charge in [-0.2, -0.15) is 0 Å². The minimum Gasteiger partial charge on any atom is -0.453 e. The fourth-order valence-corrected chi connectivity index (χ4v) is 8.01. The molecular formula is C42H49N7O5. The minimum absolute atomic E-state index is 0.0977. The second-order valence-corrected chi connectivity index (χ2v) is 15.9. The lowest BCUT2D eigenvalue weighted by molar-refractivity contribution is -0.135. The normalized spacial score (nSPS) is 21.2. The number of benzene rings is 2. The molecule has 2 aliphatic heterocycles. The number of piperidine rings is 1. The molecule has 2 bridgehead atoms. The van der Waals surface area contributed by atoms with Gasteiger partial charge in [-0.25, -0.2) is 19.6 Å². The molecule has 2 aromatic carbocycles. The number of aromatic nitrogens is 4. The highest BCUT2D eigenvalue weighted by Crippen LogP contribution is 2.50. The summed E-state index contributed by atoms with van der Waals surface area (Å²) in [5.41, 5.74) is 4.94. The molecule has 4 heterocycles. The first kappa shape index (κ1) is 36.8. The Morgan fingerprint density at radius 2 is 1.46 bits per heavy atom. The van der Waals surface area contributed by atoms with Crippen molar-refractivity contribution in [3.05, 3.63) is 83.7 Å². The van der Waals surface area contributed by atoms with Crippen LogP contribution in [0.3, 0.4) is 0 Å². The van der Waals surface area contributed by atoms with Crippen LogP contribution in [0.15, 0.2) is 60.9 Å². The number of methoxy groups -OCH3 is 1. The minimum atomic E-state index is -0.680. The van der Waals surface area contributed by atoms with E-state index in [1.165, 1.54) is 7.11 Å². The third-order valence-corrected chi connectivity index (χ3v) is 10.6. The lowest BCUT2D eigenvalue weighted by Gasteiger charge is -2.35. The standard InChI is InChI=1S/C42H49N7O5/c1-25(2)35(47-40(51)53-6)39(50)48-21-7-8-34(48)37-43-23-32(45-37)28-15-11-26(12-16-28)9-10-27-13-17-29(18-14-27)33-24-44-38(46-33)36-30-19-20-31(22-30)49(36)41(52)54-42(3,4)5/h11-18,23-25,30-31,34-36H,7-8,19-22H2,1-6H3,(H,43,45)(H,44,46)(H,47,51)/t30?,31?,34-,35-,36?/m0/s1. The van der Waals surface area contributed by atoms with E-state index in [0.29, 0.717) is 12.5 Å². The monoisotopic (exact) mass is 731 g/mol. The van der Waals surface area contributed by atoms with Crippen molar-refractivity contribution >= 4 is 18.1 Å². The first-order valence-corrected chi connectivity index (χ1v) is 18.9. The van der Waals surface area contributed by atoms with Gasteiger partial charge in [-0.05, 0) is 100 Å². The van der Waals surface area contributed by atoms with E-state index in [4.69, 9.17) is 14.5 Å². The summed E-state index contributed by atoms with van der Waals surface area (Å²) in [6.45, 7) is 10.1. The molecule has 1 saturated carbocycles. The Labute approximate surface area is 316 Å². The summed E-state index contributed by atoms with van der Waals surface area (Å²) in [5.74, 6) is 8.21. The summed E-state index contributed by atoms with van der Waals surface area (Å²) in [6.07, 6.45) is 7.48. The van der Waals surface area contributed by atoms with Crippen LogP contribution in [0.2, 0.25) is 0 Å². The molecule has 12 heteroatoms. The summed E-state index contributed by atoms with van der Waals surface area (Å²) in [6, 6.07) is 15.3. The molecule has 3 aliphatic rings. The van der Waals surface area contributed by atoms with E-state index in [2.05, 4.69) is 32.1 Å². The number of ether oxygens (including phenoxy) is 2. The van der Waals surface area contributed by atoms with Crippen molar-refractivity contribution in [2.24, 2.45) is 11.8 Å². The zero-order valence-electron chi connectivity index (χ0n) is 31.8. The van der Waals surface area contributed by atoms with Crippen LogP contribution in [0.25, 0.3) is 22.5 Å². The second-order valence-electron chi connectivity index (χ2n) is 15.9. The molecule has 5 atom stereocenters. The van der Waals surface area contributed by atoms with Crippen LogP contribution >= 0.6 is 0 Å². The Morgan fingerprint density at radius 1 is 0.870 bits per heavy atom. The lowest BCUT2D eigenvalue weighted by atomic mass is 9.98. The highest BCUT2D eigenvalue weighted by molar-refractivity contribution is 5.86. The summed E-state index contributed by atoms with van der Waals surface area (Å²) in [5, 5.41) is 2.69. The SMILES string of the molecule is COC(=O)N[C@H](C(=O)N1CCC[C@H]1c1ncc(-c2ccc(C#Cc3ccc(-c4cnc(C5C6CCC(C6)N5C(=O)OC(C)(C)C)[nH]4)cc3)cc2)[nH]1)C(C)C. The molecule has 12 nitrogen and oxygen atoms in total. The van der Waals surface area contributed by atoms with Crippen LogP contribution in [-0.4, -0.2) is 79.2 Å². The van der Waals surface area contributed by atoms with Crippen molar-refractivity contribution < 1.29 is 23.9 Å². The topological polar surface area (TPSA) is 146 Å². The molecule has 3 fully saturated rings. The number of carbonyl (C=O) groups excluding carboxylic acids is 3. The van der Waals surface area contributed by atoms with Gasteiger partial charge in [-0.3, -0.25) is 9.69 Å². The highest BCUT2D eigenvalue weighted by atomic mass is 16.6. The number of hydrogen-bond donors (Lipinski definition) is 3. The van der Waals surface area contributed by atoms with Gasteiger partial charge in [0.1, 0.15) is 23.3 Å². The predicted octanol–water partition coefficient (Wildman–Crippen LogP) is 7.37. The largest absolute Gasteiger partial charge is 0.453 e. The Bertz CT molecular complexity index is 2050. The predicted molar refractivity (Wildman–Crippen MR) is 204 cm³/mol. The van der Waals surface area contributed by atoms with Crippen molar-refractivity contribution in [2.45, 2.75) is 96.5 Å². The fourth-order valence-electron chi connectivity index (χ4n) is 8.01. The van der Waals surface area contributed by atoms with Crippen LogP contribution in [0, 0.1) is 23.7 Å². The van der Waals surface area contributed by atoms with Gasteiger partial charge in [0, 0.05) is 23.7 Å². The number of likely N-dealkylation sites (tertiary alicyclic amines) is 2. The molecule has 3 N–H and O–H groups in total. The molecule has 4 aromatic rings. The van der Waals surface area contributed by atoms with Crippen molar-refractivity contribution in [1.29, 1.82) is 0 Å². The van der Waals surface area contributed by atoms with Crippen molar-refractivity contribution in [3.63, 3.8) is 0 Å². The molecule has 2 aromatic heterocycles. The number of nitrogens with one attached hydrogen (secondary N) is 3. The number of H-pyrrole nitrogens is 2. The number of aromatic amines is 2. The fraction of sp³-hybridized carbons (Fsp3) is 0.452. The average Bonchev–Trinajstić information content (AvgIpc) is 4.00. The van der Waals surface area contributed by atoms with Crippen LogP contribution in [0.5, 0.6) is 0 Å². The van der Waals surface area contributed by atoms with Crippen molar-refractivity contribution in [2.75, 3.05) is 13.7 Å². The van der Waals surface area contributed by atoms with E-state index in [0.717, 1.165) is 77.4 Å². The molecule has 3 unspecified atom stereocenters. The maximum absolute atomic E-state index is 13.5. The first-order chi connectivity index (χ1) is 25.9. The zero-order valence-corrected chi connectivity index (χ0v) is 31.8. The number of nitrogens with zero attached hydrogens (tertiary/aromatic N) is 4. The van der Waals surface area contributed by atoms with Gasteiger partial charge < -0.3 is 29.7 Å². The van der Waals surface area contributed by atoms with Crippen molar-refractivity contribution in [3.8, 4) is 34.4 Å². The van der Waals surface area contributed by atoms with Gasteiger partial charge in [-0.15, -0.1) is 0 Å². The van der Waals surface area contributed by atoms with Crippen LogP contribution in [0.1, 0.15) is 102 Å². The Morgan fingerprint density at radius 3 is 2.04 bits per heavy atom. The molecule has 1 aliphatic carbocycles. The van der Waals surface area contributed by atoms with E-state index >= 15 is 0 Å². The van der Waals surface area contributed by atoms with Crippen LogP contribution < -0.4 is 5.32 Å². The quantitative estimate of drug-likeness (QED) is 0.168. The number of imidazole rings is 2. The number of hydrogen-bond acceptors (Lipinski definition) is 7. The van der Waals surface area contributed by atoms with Gasteiger partial charge in [0.25, 0.3) is 0 Å². The Hall–Kier alpha value is -5.57. The van der Waals surface area contributed by atoms with Crippen molar-refractivity contribution in [1.82, 2.24) is 35.1 Å². The first-order valence-electron chi connectivity index (χ1n) is 18.9. The van der Waals surface area contributed by atoms with Gasteiger partial charge in [0.05, 0.1) is 43.0 Å². The average molecular weight is 732 g/mol. The maximum Gasteiger partial charge on any atom is 0.411 e. The number of fused-ring (bicyclic) bond motifs is 2. The zero-order chi connectivity index (χ0) is 38.1. The summed E-state index contributed by atoms with van der Waals surface area (Å²) in [4.78, 5) is 58.6. The molecule has 0 radical (unpaired) electrons. The van der Waals surface area contributed by atoms with Gasteiger partial charge in [0.15, 0.2) is 0 Å². The van der Waals surface area contributed by atoms with E-state index in [1.807, 2.05) is 99.1 Å². The molecule has 7 rings (SSSR count). The van der Waals surface area contributed by atoms with Crippen LogP contribution in [-0.2, 0) is 14.3 Å². The van der Waals surface area contributed by atoms with Crippen LogP contribution in [0.4, 0.5) is 9.59 Å². The maximum atomic E-state index is 13.5. The molecule has 3 amide bonds. The smallest absolute Gasteiger partial charge is 0.411 e. The lowest BCUT2D eigenvalue weighted by Crippen LogP contribution is -2.51. The highest BCUT2D eigenvalue weighted by Gasteiger charge is 2.51. The third-order valence-electron chi connectivity index (χ3n) is 10.6.